The van der Waals surface area contributed by atoms with Crippen molar-refractivity contribution in [2.24, 2.45) is 0 Å². The van der Waals surface area contributed by atoms with Crippen LogP contribution in [0.3, 0.4) is 0 Å². The minimum atomic E-state index is -0.221. The quantitative estimate of drug-likeness (QED) is 0.869. The molecule has 3 heterocycles. The number of H-pyrrole nitrogens is 1. The summed E-state index contributed by atoms with van der Waals surface area (Å²) in [5.74, 6) is 0.224. The Kier molecular flexibility index (Phi) is 4.19. The maximum absolute atomic E-state index is 13.4. The highest BCUT2D eigenvalue weighted by molar-refractivity contribution is 5.90. The first-order valence-electron chi connectivity index (χ1n) is 10.4. The lowest BCUT2D eigenvalue weighted by atomic mass is 9.83. The van der Waals surface area contributed by atoms with Crippen molar-refractivity contribution in [3.63, 3.8) is 0 Å². The number of carbonyl (C=O) groups excluding carboxylic acids is 2. The summed E-state index contributed by atoms with van der Waals surface area (Å²) < 4.78 is 0. The number of hydrogen-bond donors (Lipinski definition) is 1. The Hall–Kier alpha value is -2.34. The number of piperidine rings is 1. The van der Waals surface area contributed by atoms with Gasteiger partial charge in [-0.3, -0.25) is 14.4 Å². The van der Waals surface area contributed by atoms with Gasteiger partial charge in [-0.2, -0.15) is 0 Å². The molecule has 6 nitrogen and oxygen atoms in total. The van der Waals surface area contributed by atoms with Gasteiger partial charge in [-0.05, 0) is 50.2 Å². The Morgan fingerprint density at radius 3 is 2.75 bits per heavy atom. The summed E-state index contributed by atoms with van der Waals surface area (Å²) in [6.45, 7) is 1.38. The van der Waals surface area contributed by atoms with Crippen LogP contribution in [0.2, 0.25) is 0 Å². The van der Waals surface area contributed by atoms with Crippen molar-refractivity contribution in [3.05, 3.63) is 35.5 Å². The zero-order chi connectivity index (χ0) is 19.3. The van der Waals surface area contributed by atoms with Crippen LogP contribution in [0, 0.1) is 0 Å². The smallest absolute Gasteiger partial charge is 0.246 e. The number of aromatic nitrogens is 1. The lowest BCUT2D eigenvalue weighted by molar-refractivity contribution is -0.202. The molecule has 1 atom stereocenters. The molecule has 1 N–H and O–H groups in total. The number of aromatic amines is 1. The van der Waals surface area contributed by atoms with Crippen LogP contribution in [0.1, 0.15) is 55.7 Å². The third kappa shape index (κ3) is 2.58. The van der Waals surface area contributed by atoms with Gasteiger partial charge >= 0.3 is 0 Å². The van der Waals surface area contributed by atoms with Gasteiger partial charge in [0.25, 0.3) is 0 Å². The van der Waals surface area contributed by atoms with Crippen LogP contribution in [0.15, 0.2) is 24.3 Å². The summed E-state index contributed by atoms with van der Waals surface area (Å²) in [5, 5.41) is 2.83. The van der Waals surface area contributed by atoms with Crippen molar-refractivity contribution in [2.45, 2.75) is 56.4 Å². The van der Waals surface area contributed by atoms with Gasteiger partial charge in [0.2, 0.25) is 11.8 Å². The second-order valence-corrected chi connectivity index (χ2v) is 8.43. The first-order chi connectivity index (χ1) is 13.6. The summed E-state index contributed by atoms with van der Waals surface area (Å²) in [5.41, 5.74) is 3.35. The highest BCUT2D eigenvalue weighted by atomic mass is 16.7. The molecule has 1 aromatic carbocycles. The van der Waals surface area contributed by atoms with E-state index in [0.29, 0.717) is 19.5 Å². The average molecular weight is 381 g/mol. The van der Waals surface area contributed by atoms with Gasteiger partial charge < -0.3 is 9.88 Å². The average Bonchev–Trinajstić information content (AvgIpc) is 3.25. The fourth-order valence-corrected chi connectivity index (χ4v) is 5.58. The molecule has 2 amide bonds. The fraction of sp³-hybridized carbons (Fsp3) is 0.545. The van der Waals surface area contributed by atoms with Crippen LogP contribution in [0.25, 0.3) is 10.9 Å². The minimum Gasteiger partial charge on any atom is -0.357 e. The predicted molar refractivity (Wildman–Crippen MR) is 106 cm³/mol. The number of para-hydroxylation sites is 1. The van der Waals surface area contributed by atoms with Crippen LogP contribution < -0.4 is 0 Å². The number of benzene rings is 1. The van der Waals surface area contributed by atoms with E-state index in [1.165, 1.54) is 10.9 Å². The normalized spacial score (nSPS) is 24.2. The molecular formula is C22H27N3O3. The molecule has 3 aliphatic rings. The molecule has 0 radical (unpaired) electrons. The lowest BCUT2D eigenvalue weighted by Crippen LogP contribution is -2.54. The molecule has 0 bridgehead atoms. The van der Waals surface area contributed by atoms with Gasteiger partial charge in [-0.25, -0.2) is 5.06 Å². The molecule has 2 fully saturated rings. The van der Waals surface area contributed by atoms with Gasteiger partial charge in [0, 0.05) is 36.1 Å². The predicted octanol–water partition coefficient (Wildman–Crippen LogP) is 3.13. The Bertz CT molecular complexity index is 926. The molecule has 1 aliphatic carbocycles. The van der Waals surface area contributed by atoms with E-state index in [1.54, 1.807) is 12.2 Å². The molecule has 1 spiro atoms. The molecule has 5 rings (SSSR count). The maximum atomic E-state index is 13.4. The van der Waals surface area contributed by atoms with Crippen LogP contribution in [-0.2, 0) is 20.8 Å². The third-order valence-electron chi connectivity index (χ3n) is 7.06. The van der Waals surface area contributed by atoms with Crippen molar-refractivity contribution in [2.75, 3.05) is 20.2 Å². The van der Waals surface area contributed by atoms with Gasteiger partial charge in [0.1, 0.15) is 0 Å². The summed E-state index contributed by atoms with van der Waals surface area (Å²) in [7, 11) is 1.57. The van der Waals surface area contributed by atoms with E-state index in [9.17, 15) is 9.59 Å². The van der Waals surface area contributed by atoms with E-state index in [2.05, 4.69) is 23.2 Å². The van der Waals surface area contributed by atoms with Crippen LogP contribution >= 0.6 is 0 Å². The molecule has 2 aromatic rings. The highest BCUT2D eigenvalue weighted by Gasteiger charge is 2.49. The van der Waals surface area contributed by atoms with Gasteiger partial charge in [-0.1, -0.05) is 18.2 Å². The van der Waals surface area contributed by atoms with Gasteiger partial charge in [-0.15, -0.1) is 0 Å². The minimum absolute atomic E-state index is 0.0669. The number of nitrogens with one attached hydrogen (secondary N) is 1. The Labute approximate surface area is 164 Å². The molecule has 148 valence electrons. The monoisotopic (exact) mass is 381 g/mol. The van der Waals surface area contributed by atoms with E-state index in [4.69, 9.17) is 4.84 Å². The fourth-order valence-electron chi connectivity index (χ4n) is 5.58. The number of rotatable bonds is 2. The summed E-state index contributed by atoms with van der Waals surface area (Å²) >= 11 is 0. The molecule has 2 aliphatic heterocycles. The lowest BCUT2D eigenvalue weighted by Gasteiger charge is -2.44. The third-order valence-corrected chi connectivity index (χ3v) is 7.06. The largest absolute Gasteiger partial charge is 0.357 e. The molecule has 28 heavy (non-hydrogen) atoms. The van der Waals surface area contributed by atoms with Crippen molar-refractivity contribution >= 4 is 22.7 Å². The number of nitrogens with zero attached hydrogens (tertiary/aromatic N) is 2. The van der Waals surface area contributed by atoms with Crippen LogP contribution in [-0.4, -0.2) is 52.5 Å². The zero-order valence-electron chi connectivity index (χ0n) is 16.4. The Morgan fingerprint density at radius 2 is 1.96 bits per heavy atom. The summed E-state index contributed by atoms with van der Waals surface area (Å²) in [6, 6.07) is 8.35. The van der Waals surface area contributed by atoms with Crippen molar-refractivity contribution < 1.29 is 14.4 Å². The van der Waals surface area contributed by atoms with Gasteiger partial charge in [0.15, 0.2) is 0 Å². The number of amides is 2. The second kappa shape index (κ2) is 6.62. The molecule has 6 heteroatoms. The number of carbonyl (C=O) groups is 2. The molecular weight excluding hydrogens is 354 g/mol. The molecule has 1 unspecified atom stereocenters. The second-order valence-electron chi connectivity index (χ2n) is 8.43. The Morgan fingerprint density at radius 1 is 1.18 bits per heavy atom. The first kappa shape index (κ1) is 17.7. The van der Waals surface area contributed by atoms with E-state index >= 15 is 0 Å². The summed E-state index contributed by atoms with van der Waals surface area (Å²) in [6.07, 6.45) is 5.96. The van der Waals surface area contributed by atoms with E-state index < -0.39 is 0 Å². The van der Waals surface area contributed by atoms with E-state index in [1.807, 2.05) is 11.0 Å². The zero-order valence-corrected chi connectivity index (χ0v) is 16.4. The van der Waals surface area contributed by atoms with Crippen LogP contribution in [0.4, 0.5) is 0 Å². The number of hydrogen-bond acceptors (Lipinski definition) is 3. The van der Waals surface area contributed by atoms with Crippen LogP contribution in [0.5, 0.6) is 0 Å². The van der Waals surface area contributed by atoms with Crippen molar-refractivity contribution in [1.82, 2.24) is 14.9 Å². The number of hydroxylamine groups is 2. The Balaban J connectivity index is 1.36. The van der Waals surface area contributed by atoms with Crippen molar-refractivity contribution in [3.8, 4) is 0 Å². The highest BCUT2D eigenvalue weighted by Crippen LogP contribution is 2.41. The van der Waals surface area contributed by atoms with E-state index in [0.717, 1.165) is 49.7 Å². The number of likely N-dealkylation sites (tertiary alicyclic amines) is 1. The molecule has 1 aromatic heterocycles. The van der Waals surface area contributed by atoms with E-state index in [-0.39, 0.29) is 23.3 Å². The van der Waals surface area contributed by atoms with Gasteiger partial charge in [0.05, 0.1) is 18.6 Å². The standard InChI is InChI=1S/C22H27N3O3/c1-28-25-19(26)9-10-22(25)11-13-24(14-12-22)21(27)17-7-4-6-16-15-5-2-3-8-18(15)23-20(16)17/h2-3,5,8,17,23H,4,6-7,9-14H2,1H3. The molecule has 2 saturated heterocycles. The number of fused-ring (bicyclic) bond motifs is 3. The molecule has 0 saturated carbocycles. The van der Waals surface area contributed by atoms with Crippen molar-refractivity contribution in [1.29, 1.82) is 0 Å². The summed E-state index contributed by atoms with van der Waals surface area (Å²) in [4.78, 5) is 36.4. The number of aryl methyl sites for hydroxylation is 1. The topological polar surface area (TPSA) is 65.6 Å². The SMILES string of the molecule is CON1C(=O)CCC12CCN(C(=O)C1CCCc3c1[nH]c1ccccc31)CC2. The maximum Gasteiger partial charge on any atom is 0.246 e. The first-order valence-corrected chi connectivity index (χ1v) is 10.4.